The lowest BCUT2D eigenvalue weighted by atomic mass is 10.1. The van der Waals surface area contributed by atoms with E-state index < -0.39 is 10.0 Å². The van der Waals surface area contributed by atoms with Crippen LogP contribution in [0, 0.1) is 6.92 Å². The number of aromatic nitrogens is 2. The molecule has 3 rings (SSSR count). The summed E-state index contributed by atoms with van der Waals surface area (Å²) in [5, 5.41) is 6.96. The average Bonchev–Trinajstić information content (AvgIpc) is 2.92. The molecule has 2 heterocycles. The lowest BCUT2D eigenvalue weighted by Gasteiger charge is -2.32. The van der Waals surface area contributed by atoms with Crippen molar-refractivity contribution in [1.82, 2.24) is 14.1 Å². The minimum absolute atomic E-state index is 0.00445. The van der Waals surface area contributed by atoms with Gasteiger partial charge in [0.1, 0.15) is 5.82 Å². The molecule has 1 unspecified atom stereocenters. The van der Waals surface area contributed by atoms with Crippen LogP contribution in [0.3, 0.4) is 0 Å². The summed E-state index contributed by atoms with van der Waals surface area (Å²) in [6.07, 6.45) is 2.82. The number of anilines is 1. The molecule has 1 aromatic heterocycles. The number of hydrogen-bond acceptors (Lipinski definition) is 4. The van der Waals surface area contributed by atoms with Crippen LogP contribution >= 0.6 is 0 Å². The molecule has 1 aromatic carbocycles. The number of nitrogens with one attached hydrogen (secondary N) is 1. The number of amides is 1. The predicted octanol–water partition coefficient (Wildman–Crippen LogP) is 2.54. The highest BCUT2D eigenvalue weighted by atomic mass is 32.2. The van der Waals surface area contributed by atoms with Crippen molar-refractivity contribution in [2.75, 3.05) is 11.9 Å². The number of sulfonamides is 1. The molecule has 1 aliphatic heterocycles. The van der Waals surface area contributed by atoms with Crippen LogP contribution < -0.4 is 5.32 Å². The number of aryl methyl sites for hydroxylation is 2. The summed E-state index contributed by atoms with van der Waals surface area (Å²) >= 11 is 0. The maximum atomic E-state index is 12.8. The van der Waals surface area contributed by atoms with E-state index in [4.69, 9.17) is 0 Å². The van der Waals surface area contributed by atoms with E-state index in [1.807, 2.05) is 13.8 Å². The van der Waals surface area contributed by atoms with E-state index in [2.05, 4.69) is 10.4 Å². The summed E-state index contributed by atoms with van der Waals surface area (Å²) in [5.74, 6) is 0.287. The Morgan fingerprint density at radius 1 is 1.23 bits per heavy atom. The van der Waals surface area contributed by atoms with E-state index in [-0.39, 0.29) is 16.8 Å². The van der Waals surface area contributed by atoms with E-state index in [9.17, 15) is 13.2 Å². The molecule has 7 nitrogen and oxygen atoms in total. The van der Waals surface area contributed by atoms with Gasteiger partial charge in [0.25, 0.3) is 5.91 Å². The number of benzene rings is 1. The number of hydrogen-bond donors (Lipinski definition) is 1. The SMILES string of the molecule is Cc1cc(NC(=O)c2ccc(S(=O)(=O)N3CCCCC3C)cc2)n(C)n1. The molecular formula is C18H24N4O3S. The fourth-order valence-corrected chi connectivity index (χ4v) is 4.96. The Kier molecular flexibility index (Phi) is 5.15. The van der Waals surface area contributed by atoms with Crippen molar-refractivity contribution >= 4 is 21.7 Å². The van der Waals surface area contributed by atoms with Crippen LogP contribution in [0.25, 0.3) is 0 Å². The van der Waals surface area contributed by atoms with Gasteiger partial charge >= 0.3 is 0 Å². The van der Waals surface area contributed by atoms with Crippen LogP contribution in [0.2, 0.25) is 0 Å². The zero-order valence-corrected chi connectivity index (χ0v) is 16.1. The van der Waals surface area contributed by atoms with Crippen molar-refractivity contribution in [3.8, 4) is 0 Å². The summed E-state index contributed by atoms with van der Waals surface area (Å²) in [7, 11) is -1.78. The molecule has 1 atom stereocenters. The molecule has 0 aliphatic carbocycles. The zero-order valence-electron chi connectivity index (χ0n) is 15.3. The highest BCUT2D eigenvalue weighted by molar-refractivity contribution is 7.89. The molecule has 26 heavy (non-hydrogen) atoms. The first-order valence-electron chi connectivity index (χ1n) is 8.73. The number of carbonyl (C=O) groups is 1. The number of nitrogens with zero attached hydrogens (tertiary/aromatic N) is 3. The second-order valence-corrected chi connectivity index (χ2v) is 8.62. The molecule has 0 radical (unpaired) electrons. The Hall–Kier alpha value is -2.19. The van der Waals surface area contributed by atoms with Crippen molar-refractivity contribution in [3.05, 3.63) is 41.6 Å². The van der Waals surface area contributed by atoms with Crippen LogP contribution in [0.5, 0.6) is 0 Å². The number of rotatable bonds is 4. The molecule has 140 valence electrons. The monoisotopic (exact) mass is 376 g/mol. The molecule has 8 heteroatoms. The van der Waals surface area contributed by atoms with Gasteiger partial charge in [-0.2, -0.15) is 9.40 Å². The Labute approximate surface area is 154 Å². The quantitative estimate of drug-likeness (QED) is 0.889. The fraction of sp³-hybridized carbons (Fsp3) is 0.444. The average molecular weight is 376 g/mol. The van der Waals surface area contributed by atoms with Gasteiger partial charge < -0.3 is 5.32 Å². The standard InChI is InChI=1S/C18H24N4O3S/c1-13-12-17(21(3)20-13)19-18(23)15-7-9-16(10-8-15)26(24,25)22-11-5-4-6-14(22)2/h7-10,12,14H,4-6,11H2,1-3H3,(H,19,23). The molecule has 2 aromatic rings. The molecule has 0 saturated carbocycles. The summed E-state index contributed by atoms with van der Waals surface area (Å²) in [6, 6.07) is 7.86. The van der Waals surface area contributed by atoms with Crippen molar-refractivity contribution in [3.63, 3.8) is 0 Å². The van der Waals surface area contributed by atoms with E-state index in [0.29, 0.717) is 17.9 Å². The first-order valence-corrected chi connectivity index (χ1v) is 10.2. The second kappa shape index (κ2) is 7.20. The van der Waals surface area contributed by atoms with Crippen LogP contribution in [-0.4, -0.2) is 41.0 Å². The molecular weight excluding hydrogens is 352 g/mol. The molecule has 1 fully saturated rings. The van der Waals surface area contributed by atoms with Gasteiger partial charge in [0.15, 0.2) is 0 Å². The van der Waals surface area contributed by atoms with Crippen LogP contribution in [0.1, 0.15) is 42.2 Å². The Balaban J connectivity index is 1.77. The lowest BCUT2D eigenvalue weighted by molar-refractivity contribution is 0.102. The number of carbonyl (C=O) groups excluding carboxylic acids is 1. The van der Waals surface area contributed by atoms with Gasteiger partial charge in [0.2, 0.25) is 10.0 Å². The van der Waals surface area contributed by atoms with Crippen molar-refractivity contribution in [2.45, 2.75) is 44.0 Å². The maximum Gasteiger partial charge on any atom is 0.256 e. The zero-order chi connectivity index (χ0) is 18.9. The second-order valence-electron chi connectivity index (χ2n) is 6.73. The third kappa shape index (κ3) is 3.66. The predicted molar refractivity (Wildman–Crippen MR) is 99.5 cm³/mol. The Morgan fingerprint density at radius 2 is 1.92 bits per heavy atom. The molecule has 0 spiro atoms. The highest BCUT2D eigenvalue weighted by Gasteiger charge is 2.30. The topological polar surface area (TPSA) is 84.3 Å². The summed E-state index contributed by atoms with van der Waals surface area (Å²) in [6.45, 7) is 4.33. The summed E-state index contributed by atoms with van der Waals surface area (Å²) < 4.78 is 28.8. The van der Waals surface area contributed by atoms with Crippen LogP contribution in [0.15, 0.2) is 35.2 Å². The lowest BCUT2D eigenvalue weighted by Crippen LogP contribution is -2.41. The molecule has 1 N–H and O–H groups in total. The van der Waals surface area contributed by atoms with Gasteiger partial charge in [-0.25, -0.2) is 8.42 Å². The van der Waals surface area contributed by atoms with Crippen LogP contribution in [-0.2, 0) is 17.1 Å². The Bertz CT molecular complexity index is 903. The van der Waals surface area contributed by atoms with Gasteiger partial charge in [-0.1, -0.05) is 6.42 Å². The Morgan fingerprint density at radius 3 is 2.50 bits per heavy atom. The van der Waals surface area contributed by atoms with Crippen molar-refractivity contribution in [2.24, 2.45) is 7.05 Å². The smallest absolute Gasteiger partial charge is 0.256 e. The van der Waals surface area contributed by atoms with Gasteiger partial charge in [-0.3, -0.25) is 9.48 Å². The number of piperidine rings is 1. The minimum Gasteiger partial charge on any atom is -0.307 e. The summed E-state index contributed by atoms with van der Waals surface area (Å²) in [5.41, 5.74) is 1.20. The largest absolute Gasteiger partial charge is 0.307 e. The van der Waals surface area contributed by atoms with Crippen LogP contribution in [0.4, 0.5) is 5.82 Å². The van der Waals surface area contributed by atoms with E-state index in [1.54, 1.807) is 34.2 Å². The van der Waals surface area contributed by atoms with E-state index >= 15 is 0 Å². The van der Waals surface area contributed by atoms with Crippen molar-refractivity contribution in [1.29, 1.82) is 0 Å². The highest BCUT2D eigenvalue weighted by Crippen LogP contribution is 2.25. The van der Waals surface area contributed by atoms with Gasteiger partial charge in [0, 0.05) is 31.3 Å². The van der Waals surface area contributed by atoms with Gasteiger partial charge in [0.05, 0.1) is 10.6 Å². The van der Waals surface area contributed by atoms with Crippen molar-refractivity contribution < 1.29 is 13.2 Å². The minimum atomic E-state index is -3.53. The fourth-order valence-electron chi connectivity index (χ4n) is 3.26. The molecule has 1 aliphatic rings. The molecule has 1 saturated heterocycles. The van der Waals surface area contributed by atoms with E-state index in [0.717, 1.165) is 25.0 Å². The third-order valence-corrected chi connectivity index (χ3v) is 6.74. The normalized spacial score (nSPS) is 18.7. The molecule has 0 bridgehead atoms. The first kappa shape index (κ1) is 18.6. The van der Waals surface area contributed by atoms with E-state index in [1.165, 1.54) is 12.1 Å². The molecule has 1 amide bonds. The maximum absolute atomic E-state index is 12.8. The first-order chi connectivity index (χ1) is 12.3. The summed E-state index contributed by atoms with van der Waals surface area (Å²) in [4.78, 5) is 12.6. The van der Waals surface area contributed by atoms with Gasteiger partial charge in [-0.15, -0.1) is 0 Å². The van der Waals surface area contributed by atoms with Gasteiger partial charge in [-0.05, 0) is 51.0 Å². The third-order valence-electron chi connectivity index (χ3n) is 4.71.